The Labute approximate surface area is 134 Å². The number of hydrogen-bond donors (Lipinski definition) is 0. The monoisotopic (exact) mass is 355 g/mol. The molecule has 5 heteroatoms. The Morgan fingerprint density at radius 1 is 1.52 bits per heavy atom. The molecule has 0 aromatic heterocycles. The fraction of sp³-hybridized carbons (Fsp3) is 0.562. The fourth-order valence-electron chi connectivity index (χ4n) is 2.49. The molecule has 1 aliphatic heterocycles. The van der Waals surface area contributed by atoms with Crippen molar-refractivity contribution in [3.63, 3.8) is 0 Å². The maximum absolute atomic E-state index is 11.3. The largest absolute Gasteiger partial charge is 0.466 e. The lowest BCUT2D eigenvalue weighted by molar-refractivity contribution is -0.143. The minimum atomic E-state index is -0.103. The smallest absolute Gasteiger partial charge is 0.305 e. The summed E-state index contributed by atoms with van der Waals surface area (Å²) in [6, 6.07) is 8.25. The Bertz CT molecular complexity index is 467. The second kappa shape index (κ2) is 8.51. The molecule has 1 fully saturated rings. The van der Waals surface area contributed by atoms with E-state index in [1.165, 1.54) is 5.56 Å². The summed E-state index contributed by atoms with van der Waals surface area (Å²) in [5.74, 6) is -0.103. The van der Waals surface area contributed by atoms with E-state index in [1.54, 1.807) is 0 Å². The molecule has 4 nitrogen and oxygen atoms in total. The van der Waals surface area contributed by atoms with Gasteiger partial charge < -0.3 is 9.47 Å². The molecule has 1 heterocycles. The maximum Gasteiger partial charge on any atom is 0.305 e. The van der Waals surface area contributed by atoms with Crippen LogP contribution in [0.2, 0.25) is 0 Å². The number of nitrogens with zero attached hydrogens (tertiary/aromatic N) is 1. The average molecular weight is 356 g/mol. The van der Waals surface area contributed by atoms with Crippen molar-refractivity contribution in [2.45, 2.75) is 25.9 Å². The standard InChI is InChI=1S/C16H22BrNO3/c1-2-20-16(19)7-4-8-18-9-10-21-15(12-18)13-5-3-6-14(17)11-13/h3,5-6,11,15H,2,4,7-10,12H2,1H3. The minimum absolute atomic E-state index is 0.103. The summed E-state index contributed by atoms with van der Waals surface area (Å²) in [4.78, 5) is 13.7. The molecule has 1 saturated heterocycles. The van der Waals surface area contributed by atoms with Crippen LogP contribution in [0.25, 0.3) is 0 Å². The third kappa shape index (κ3) is 5.41. The number of hydrogen-bond acceptors (Lipinski definition) is 4. The van der Waals surface area contributed by atoms with Crippen LogP contribution < -0.4 is 0 Å². The molecule has 1 aliphatic rings. The van der Waals surface area contributed by atoms with E-state index in [9.17, 15) is 4.79 Å². The quantitative estimate of drug-likeness (QED) is 0.734. The number of rotatable bonds is 6. The van der Waals surface area contributed by atoms with Crippen LogP contribution in [0.5, 0.6) is 0 Å². The zero-order valence-electron chi connectivity index (χ0n) is 12.4. The van der Waals surface area contributed by atoms with Crippen molar-refractivity contribution in [1.82, 2.24) is 4.90 Å². The van der Waals surface area contributed by atoms with Gasteiger partial charge in [0.2, 0.25) is 0 Å². The van der Waals surface area contributed by atoms with E-state index >= 15 is 0 Å². The van der Waals surface area contributed by atoms with Crippen LogP contribution in [-0.4, -0.2) is 43.7 Å². The van der Waals surface area contributed by atoms with Crippen molar-refractivity contribution in [3.8, 4) is 0 Å². The average Bonchev–Trinajstić information content (AvgIpc) is 2.48. The molecule has 0 aliphatic carbocycles. The normalized spacial score (nSPS) is 19.4. The first-order valence-corrected chi connectivity index (χ1v) is 8.23. The van der Waals surface area contributed by atoms with Crippen LogP contribution in [0.15, 0.2) is 28.7 Å². The maximum atomic E-state index is 11.3. The van der Waals surface area contributed by atoms with Gasteiger partial charge in [0.15, 0.2) is 0 Å². The number of carbonyl (C=O) groups excluding carboxylic acids is 1. The number of benzene rings is 1. The van der Waals surface area contributed by atoms with Gasteiger partial charge in [-0.1, -0.05) is 28.1 Å². The van der Waals surface area contributed by atoms with Crippen molar-refractivity contribution in [3.05, 3.63) is 34.3 Å². The topological polar surface area (TPSA) is 38.8 Å². The van der Waals surface area contributed by atoms with Crippen molar-refractivity contribution in [1.29, 1.82) is 0 Å². The second-order valence-electron chi connectivity index (χ2n) is 5.12. The number of halogens is 1. The number of esters is 1. The van der Waals surface area contributed by atoms with E-state index in [0.29, 0.717) is 13.0 Å². The molecule has 0 N–H and O–H groups in total. The first-order valence-electron chi connectivity index (χ1n) is 7.44. The predicted octanol–water partition coefficient (Wildman–Crippen LogP) is 3.17. The molecule has 1 aromatic rings. The predicted molar refractivity (Wildman–Crippen MR) is 85.1 cm³/mol. The van der Waals surface area contributed by atoms with E-state index in [4.69, 9.17) is 9.47 Å². The van der Waals surface area contributed by atoms with Gasteiger partial charge in [0, 0.05) is 24.0 Å². The van der Waals surface area contributed by atoms with Crippen LogP contribution in [0, 0.1) is 0 Å². The van der Waals surface area contributed by atoms with Gasteiger partial charge in [-0.3, -0.25) is 9.69 Å². The third-order valence-electron chi connectivity index (χ3n) is 3.53. The molecule has 0 saturated carbocycles. The van der Waals surface area contributed by atoms with E-state index < -0.39 is 0 Å². The lowest BCUT2D eigenvalue weighted by Crippen LogP contribution is -2.39. The Hall–Kier alpha value is -0.910. The molecule has 1 unspecified atom stereocenters. The number of morpholine rings is 1. The number of carbonyl (C=O) groups is 1. The summed E-state index contributed by atoms with van der Waals surface area (Å²) in [5, 5.41) is 0. The van der Waals surface area contributed by atoms with Gasteiger partial charge in [-0.25, -0.2) is 0 Å². The molecule has 0 amide bonds. The van der Waals surface area contributed by atoms with E-state index in [2.05, 4.69) is 33.0 Å². The summed E-state index contributed by atoms with van der Waals surface area (Å²) in [5.41, 5.74) is 1.19. The summed E-state index contributed by atoms with van der Waals surface area (Å²) < 4.78 is 11.9. The van der Waals surface area contributed by atoms with Crippen LogP contribution >= 0.6 is 15.9 Å². The van der Waals surface area contributed by atoms with Crippen LogP contribution in [0.3, 0.4) is 0 Å². The van der Waals surface area contributed by atoms with Crippen molar-refractivity contribution >= 4 is 21.9 Å². The molecule has 1 aromatic carbocycles. The highest BCUT2D eigenvalue weighted by molar-refractivity contribution is 9.10. The van der Waals surface area contributed by atoms with Crippen LogP contribution in [0.4, 0.5) is 0 Å². The zero-order chi connectivity index (χ0) is 15.1. The third-order valence-corrected chi connectivity index (χ3v) is 4.02. The number of ether oxygens (including phenoxy) is 2. The Balaban J connectivity index is 1.79. The molecular weight excluding hydrogens is 334 g/mol. The highest BCUT2D eigenvalue weighted by Gasteiger charge is 2.21. The first-order chi connectivity index (χ1) is 10.2. The summed E-state index contributed by atoms with van der Waals surface area (Å²) >= 11 is 3.50. The Kier molecular flexibility index (Phi) is 6.67. The summed E-state index contributed by atoms with van der Waals surface area (Å²) in [6.45, 7) is 5.74. The van der Waals surface area contributed by atoms with Crippen molar-refractivity contribution in [2.75, 3.05) is 32.8 Å². The SMILES string of the molecule is CCOC(=O)CCCN1CCOC(c2cccc(Br)c2)C1. The Morgan fingerprint density at radius 2 is 2.38 bits per heavy atom. The molecule has 0 bridgehead atoms. The van der Waals surface area contributed by atoms with Crippen molar-refractivity contribution < 1.29 is 14.3 Å². The molecule has 1 atom stereocenters. The zero-order valence-corrected chi connectivity index (χ0v) is 14.0. The van der Waals surface area contributed by atoms with E-state index in [0.717, 1.165) is 37.1 Å². The van der Waals surface area contributed by atoms with Crippen LogP contribution in [-0.2, 0) is 14.3 Å². The molecule has 21 heavy (non-hydrogen) atoms. The first kappa shape index (κ1) is 16.5. The highest BCUT2D eigenvalue weighted by atomic mass is 79.9. The Morgan fingerprint density at radius 3 is 3.14 bits per heavy atom. The lowest BCUT2D eigenvalue weighted by Gasteiger charge is -2.33. The van der Waals surface area contributed by atoms with Crippen molar-refractivity contribution in [2.24, 2.45) is 0 Å². The minimum Gasteiger partial charge on any atom is -0.466 e. The van der Waals surface area contributed by atoms with Gasteiger partial charge in [0.25, 0.3) is 0 Å². The fourth-order valence-corrected chi connectivity index (χ4v) is 2.91. The van der Waals surface area contributed by atoms with E-state index in [-0.39, 0.29) is 12.1 Å². The van der Waals surface area contributed by atoms with Gasteiger partial charge >= 0.3 is 5.97 Å². The molecule has 0 spiro atoms. The van der Waals surface area contributed by atoms with Gasteiger partial charge in [0.05, 0.1) is 19.3 Å². The molecule has 2 rings (SSSR count). The summed E-state index contributed by atoms with van der Waals surface area (Å²) in [7, 11) is 0. The second-order valence-corrected chi connectivity index (χ2v) is 6.04. The van der Waals surface area contributed by atoms with Crippen LogP contribution in [0.1, 0.15) is 31.4 Å². The lowest BCUT2D eigenvalue weighted by atomic mass is 10.1. The van der Waals surface area contributed by atoms with Gasteiger partial charge in [-0.15, -0.1) is 0 Å². The molecular formula is C16H22BrNO3. The van der Waals surface area contributed by atoms with E-state index in [1.807, 2.05) is 19.1 Å². The van der Waals surface area contributed by atoms with Gasteiger partial charge in [0.1, 0.15) is 0 Å². The highest BCUT2D eigenvalue weighted by Crippen LogP contribution is 2.24. The molecule has 116 valence electrons. The summed E-state index contributed by atoms with van der Waals surface area (Å²) in [6.07, 6.45) is 1.44. The van der Waals surface area contributed by atoms with Gasteiger partial charge in [-0.2, -0.15) is 0 Å². The molecule has 0 radical (unpaired) electrons. The van der Waals surface area contributed by atoms with Gasteiger partial charge in [-0.05, 0) is 37.6 Å².